The summed E-state index contributed by atoms with van der Waals surface area (Å²) < 4.78 is 102. The maximum atomic E-state index is 13.5. The van der Waals surface area contributed by atoms with Gasteiger partial charge in [-0.05, 0) is 32.1 Å². The van der Waals surface area contributed by atoms with Gasteiger partial charge in [0.15, 0.2) is 12.6 Å². The van der Waals surface area contributed by atoms with E-state index in [1.54, 1.807) is 4.90 Å². The zero-order valence-electron chi connectivity index (χ0n) is 40.1. The predicted octanol–water partition coefficient (Wildman–Crippen LogP) is 2.87. The van der Waals surface area contributed by atoms with Crippen molar-refractivity contribution in [3.8, 4) is 0 Å². The largest absolute Gasteiger partial charge is 1.00 e. The summed E-state index contributed by atoms with van der Waals surface area (Å²) in [5, 5.41) is 0. The second-order valence-electron chi connectivity index (χ2n) is 15.9. The normalized spacial score (nSPS) is 12.8. The summed E-state index contributed by atoms with van der Waals surface area (Å²) in [5.74, 6) is -1.01. The minimum Gasteiger partial charge on any atom is -0.748 e. The molecular weight excluding hydrogens is 861 g/mol. The Hall–Kier alpha value is 1.05. The average molecular weight is 948 g/mol. The number of unbranched alkanes of at least 4 members (excludes halogenated alkanes) is 20. The van der Waals surface area contributed by atoms with Crippen LogP contribution in [-0.4, -0.2) is 127 Å². The molecular formula is C44H87NNa2O13S2. The van der Waals surface area contributed by atoms with Crippen molar-refractivity contribution in [2.45, 2.75) is 200 Å². The number of carbonyl (C=O) groups excluding carboxylic acids is 1. The van der Waals surface area contributed by atoms with Crippen LogP contribution in [0.2, 0.25) is 0 Å². The Morgan fingerprint density at radius 1 is 0.435 bits per heavy atom. The third kappa shape index (κ3) is 50.5. The van der Waals surface area contributed by atoms with E-state index in [0.717, 1.165) is 64.2 Å². The van der Waals surface area contributed by atoms with E-state index in [-0.39, 0.29) is 131 Å². The molecule has 18 heteroatoms. The molecule has 360 valence electrons. The van der Waals surface area contributed by atoms with Crippen molar-refractivity contribution in [1.82, 2.24) is 4.90 Å². The van der Waals surface area contributed by atoms with Crippen LogP contribution in [0.15, 0.2) is 0 Å². The summed E-state index contributed by atoms with van der Waals surface area (Å²) >= 11 is 0. The molecule has 0 aliphatic carbocycles. The Bertz CT molecular complexity index is 1100. The Balaban J connectivity index is -0.0000174. The van der Waals surface area contributed by atoms with Crippen LogP contribution in [0, 0.1) is 0 Å². The van der Waals surface area contributed by atoms with E-state index >= 15 is 0 Å². The molecule has 14 nitrogen and oxygen atoms in total. The second kappa shape index (κ2) is 48.5. The predicted molar refractivity (Wildman–Crippen MR) is 236 cm³/mol. The number of hydrogen-bond acceptors (Lipinski definition) is 13. The van der Waals surface area contributed by atoms with E-state index in [4.69, 9.17) is 28.4 Å². The van der Waals surface area contributed by atoms with Gasteiger partial charge in [-0.1, -0.05) is 149 Å². The van der Waals surface area contributed by atoms with Crippen molar-refractivity contribution >= 4 is 26.1 Å². The fourth-order valence-electron chi connectivity index (χ4n) is 6.57. The van der Waals surface area contributed by atoms with E-state index in [9.17, 15) is 30.7 Å². The molecule has 0 bridgehead atoms. The molecule has 2 unspecified atom stereocenters. The molecule has 0 rings (SSSR count). The van der Waals surface area contributed by atoms with Crippen LogP contribution >= 0.6 is 0 Å². The minimum atomic E-state index is -4.32. The average Bonchev–Trinajstić information content (AvgIpc) is 3.19. The third-order valence-electron chi connectivity index (χ3n) is 10.2. The van der Waals surface area contributed by atoms with Crippen LogP contribution in [0.25, 0.3) is 0 Å². The number of amides is 1. The molecule has 0 aromatic heterocycles. The Kier molecular flexibility index (Phi) is 52.7. The van der Waals surface area contributed by atoms with Gasteiger partial charge < -0.3 is 42.4 Å². The number of rotatable bonds is 48. The number of nitrogens with zero attached hydrogens (tertiary/aromatic N) is 1. The van der Waals surface area contributed by atoms with Crippen LogP contribution in [-0.2, 0) is 53.5 Å². The molecule has 0 saturated heterocycles. The molecule has 1 amide bonds. The van der Waals surface area contributed by atoms with Gasteiger partial charge in [0.1, 0.15) is 0 Å². The van der Waals surface area contributed by atoms with Gasteiger partial charge in [-0.25, -0.2) is 16.8 Å². The summed E-state index contributed by atoms with van der Waals surface area (Å²) in [6.07, 6.45) is 25.2. The first-order valence-corrected chi connectivity index (χ1v) is 26.8. The molecule has 0 radical (unpaired) electrons. The van der Waals surface area contributed by atoms with E-state index in [1.165, 1.54) is 83.5 Å². The first-order valence-electron chi connectivity index (χ1n) is 23.7. The van der Waals surface area contributed by atoms with Crippen LogP contribution in [0.5, 0.6) is 0 Å². The first-order chi connectivity index (χ1) is 28.9. The van der Waals surface area contributed by atoms with Gasteiger partial charge >= 0.3 is 59.1 Å². The summed E-state index contributed by atoms with van der Waals surface area (Å²) in [6, 6.07) is 0. The van der Waals surface area contributed by atoms with Crippen molar-refractivity contribution < 1.29 is 118 Å². The summed E-state index contributed by atoms with van der Waals surface area (Å²) in [5.41, 5.74) is 0. The zero-order valence-corrected chi connectivity index (χ0v) is 45.7. The van der Waals surface area contributed by atoms with Gasteiger partial charge in [0.2, 0.25) is 5.91 Å². The van der Waals surface area contributed by atoms with E-state index in [2.05, 4.69) is 20.8 Å². The maximum Gasteiger partial charge on any atom is 1.00 e. The number of hydrogen-bond donors (Lipinski definition) is 0. The molecule has 0 N–H and O–H groups in total. The molecule has 0 aliphatic rings. The molecule has 62 heavy (non-hydrogen) atoms. The van der Waals surface area contributed by atoms with Crippen molar-refractivity contribution in [2.24, 2.45) is 0 Å². The van der Waals surface area contributed by atoms with Crippen LogP contribution in [0.4, 0.5) is 0 Å². The van der Waals surface area contributed by atoms with Gasteiger partial charge in [-0.3, -0.25) is 4.79 Å². The van der Waals surface area contributed by atoms with Gasteiger partial charge in [0, 0.05) is 57.4 Å². The number of ether oxygens (including phenoxy) is 6. The Morgan fingerprint density at radius 3 is 1.08 bits per heavy atom. The third-order valence-corrected chi connectivity index (χ3v) is 11.7. The van der Waals surface area contributed by atoms with Crippen molar-refractivity contribution in [3.05, 3.63) is 0 Å². The number of carbonyl (C=O) groups is 1. The fourth-order valence-corrected chi connectivity index (χ4v) is 7.51. The fraction of sp³-hybridized carbons (Fsp3) is 0.977. The van der Waals surface area contributed by atoms with Gasteiger partial charge in [0.05, 0.1) is 46.7 Å². The topological polar surface area (TPSA) is 190 Å². The van der Waals surface area contributed by atoms with E-state index < -0.39 is 44.3 Å². The molecule has 0 saturated carbocycles. The van der Waals surface area contributed by atoms with Crippen LogP contribution in [0.3, 0.4) is 0 Å². The monoisotopic (exact) mass is 948 g/mol. The molecule has 0 spiro atoms. The van der Waals surface area contributed by atoms with Gasteiger partial charge in [-0.15, -0.1) is 0 Å². The van der Waals surface area contributed by atoms with Gasteiger partial charge in [0.25, 0.3) is 0 Å². The molecule has 0 fully saturated rings. The molecule has 2 atom stereocenters. The van der Waals surface area contributed by atoms with Crippen LogP contribution < -0.4 is 59.1 Å². The second-order valence-corrected chi connectivity index (χ2v) is 19.0. The quantitative estimate of drug-likeness (QED) is 0.0375. The van der Waals surface area contributed by atoms with E-state index in [0.29, 0.717) is 19.6 Å². The van der Waals surface area contributed by atoms with Crippen molar-refractivity contribution in [2.75, 3.05) is 77.5 Å². The zero-order chi connectivity index (χ0) is 44.4. The summed E-state index contributed by atoms with van der Waals surface area (Å²) in [7, 11) is -8.65. The summed E-state index contributed by atoms with van der Waals surface area (Å²) in [6.45, 7) is 8.74. The SMILES string of the molecule is CCCCCCCCCCOC(COCCCS(=O)(=O)[O-])OCCN(CCOC(COCCCS(=O)(=O)[O-])OCCCCCCCCCC)C(=O)CCCCCCCCC.[Na+].[Na+]. The summed E-state index contributed by atoms with van der Waals surface area (Å²) in [4.78, 5) is 15.3. The molecule has 0 aromatic carbocycles. The maximum absolute atomic E-state index is 13.5. The Labute approximate surface area is 423 Å². The first kappa shape index (κ1) is 67.3. The van der Waals surface area contributed by atoms with Crippen molar-refractivity contribution in [1.29, 1.82) is 0 Å². The standard InChI is InChI=1S/C44H89NO13S2.2Na/c1-4-7-10-13-16-19-22-25-34-55-43(40-53-32-27-38-59(47,48)49)57-36-30-45(42(46)29-24-21-18-15-12-9-6-3)31-37-58-44(41-54-33-28-39-60(50,51)52)56-35-26-23-20-17-14-11-8-5-2;;/h43-44H,4-41H2,1-3H3,(H,47,48,49)(H,50,51,52);;/q;2*+1/p-2. The molecule has 0 aromatic rings. The Morgan fingerprint density at radius 2 is 0.742 bits per heavy atom. The molecule has 0 heterocycles. The smallest absolute Gasteiger partial charge is 0.748 e. The minimum absolute atomic E-state index is 0. The van der Waals surface area contributed by atoms with Gasteiger partial charge in [-0.2, -0.15) is 0 Å². The van der Waals surface area contributed by atoms with E-state index in [1.807, 2.05) is 0 Å². The van der Waals surface area contributed by atoms with Crippen molar-refractivity contribution in [3.63, 3.8) is 0 Å². The van der Waals surface area contributed by atoms with Crippen LogP contribution in [0.1, 0.15) is 188 Å². The molecule has 0 aliphatic heterocycles.